The number of carbonyl (C=O) groups is 1. The molecule has 1 aromatic carbocycles. The predicted molar refractivity (Wildman–Crippen MR) is 82.1 cm³/mol. The van der Waals surface area contributed by atoms with Gasteiger partial charge in [-0.15, -0.1) is 0 Å². The molecule has 0 saturated heterocycles. The van der Waals surface area contributed by atoms with Gasteiger partial charge >= 0.3 is 0 Å². The van der Waals surface area contributed by atoms with E-state index in [4.69, 9.17) is 23.8 Å². The van der Waals surface area contributed by atoms with E-state index in [1.165, 1.54) is 12.1 Å². The van der Waals surface area contributed by atoms with Gasteiger partial charge in [0.2, 0.25) is 0 Å². The summed E-state index contributed by atoms with van der Waals surface area (Å²) in [7, 11) is 0. The number of thiocarbonyl (C=S) groups is 1. The Balaban J connectivity index is 2.39. The van der Waals surface area contributed by atoms with Crippen LogP contribution in [0.5, 0.6) is 0 Å². The van der Waals surface area contributed by atoms with E-state index in [2.05, 4.69) is 23.1 Å². The minimum atomic E-state index is -0.643. The van der Waals surface area contributed by atoms with E-state index < -0.39 is 11.7 Å². The fourth-order valence-electron chi connectivity index (χ4n) is 1.47. The Morgan fingerprint density at radius 1 is 1.35 bits per heavy atom. The molecule has 0 aromatic heterocycles. The quantitative estimate of drug-likeness (QED) is 0.444. The molecule has 20 heavy (non-hydrogen) atoms. The van der Waals surface area contributed by atoms with Gasteiger partial charge in [-0.25, -0.2) is 4.39 Å². The highest BCUT2D eigenvalue weighted by Gasteiger charge is 2.12. The van der Waals surface area contributed by atoms with Crippen molar-refractivity contribution in [3.8, 4) is 0 Å². The SMILES string of the molecule is CCCCCNC(=S)NNC(=O)c1cc(Cl)ccc1F. The number of nitrogens with one attached hydrogen (secondary N) is 3. The Labute approximate surface area is 128 Å². The lowest BCUT2D eigenvalue weighted by Crippen LogP contribution is -2.47. The summed E-state index contributed by atoms with van der Waals surface area (Å²) in [6.45, 7) is 2.83. The molecule has 4 nitrogen and oxygen atoms in total. The van der Waals surface area contributed by atoms with Crippen molar-refractivity contribution in [3.63, 3.8) is 0 Å². The second kappa shape index (κ2) is 8.71. The molecule has 0 atom stereocenters. The fourth-order valence-corrected chi connectivity index (χ4v) is 1.80. The van der Waals surface area contributed by atoms with Crippen LogP contribution >= 0.6 is 23.8 Å². The van der Waals surface area contributed by atoms with Crippen molar-refractivity contribution in [1.82, 2.24) is 16.2 Å². The number of carbonyl (C=O) groups excluding carboxylic acids is 1. The largest absolute Gasteiger partial charge is 0.361 e. The topological polar surface area (TPSA) is 53.2 Å². The molecule has 7 heteroatoms. The Bertz CT molecular complexity index is 485. The van der Waals surface area contributed by atoms with E-state index in [1.807, 2.05) is 0 Å². The number of amides is 1. The minimum absolute atomic E-state index is 0.140. The summed E-state index contributed by atoms with van der Waals surface area (Å²) in [5.74, 6) is -1.28. The van der Waals surface area contributed by atoms with Crippen LogP contribution in [0.1, 0.15) is 36.5 Å². The van der Waals surface area contributed by atoms with Gasteiger partial charge in [-0.3, -0.25) is 15.6 Å². The highest BCUT2D eigenvalue weighted by Crippen LogP contribution is 2.14. The molecule has 0 heterocycles. The summed E-state index contributed by atoms with van der Waals surface area (Å²) in [5.41, 5.74) is 4.69. The lowest BCUT2D eigenvalue weighted by atomic mass is 10.2. The highest BCUT2D eigenvalue weighted by atomic mass is 35.5. The molecule has 0 saturated carbocycles. The molecule has 0 spiro atoms. The molecule has 1 rings (SSSR count). The monoisotopic (exact) mass is 317 g/mol. The van der Waals surface area contributed by atoms with E-state index >= 15 is 0 Å². The molecular weight excluding hydrogens is 301 g/mol. The molecule has 0 aliphatic heterocycles. The maximum absolute atomic E-state index is 13.4. The van der Waals surface area contributed by atoms with Gasteiger partial charge in [0.25, 0.3) is 5.91 Å². The first-order valence-electron chi connectivity index (χ1n) is 6.33. The molecular formula is C13H17ClFN3OS. The van der Waals surface area contributed by atoms with Crippen LogP contribution in [0.25, 0.3) is 0 Å². The van der Waals surface area contributed by atoms with E-state index in [0.29, 0.717) is 0 Å². The Hall–Kier alpha value is -1.40. The third-order valence-corrected chi connectivity index (χ3v) is 3.01. The van der Waals surface area contributed by atoms with Crippen LogP contribution in [0.15, 0.2) is 18.2 Å². The Morgan fingerprint density at radius 2 is 2.10 bits per heavy atom. The first-order chi connectivity index (χ1) is 9.54. The zero-order valence-corrected chi connectivity index (χ0v) is 12.7. The standard InChI is InChI=1S/C13H17ClFN3OS/c1-2-3-4-7-16-13(20)18-17-12(19)10-8-9(14)5-6-11(10)15/h5-6,8H,2-4,7H2,1H3,(H,17,19)(H2,16,18,20). The minimum Gasteiger partial charge on any atom is -0.361 e. The molecule has 3 N–H and O–H groups in total. The summed E-state index contributed by atoms with van der Waals surface area (Å²) >= 11 is 10.7. The van der Waals surface area contributed by atoms with Gasteiger partial charge in [0.1, 0.15) is 5.82 Å². The molecule has 1 aromatic rings. The Kier molecular flexibility index (Phi) is 7.25. The highest BCUT2D eigenvalue weighted by molar-refractivity contribution is 7.80. The summed E-state index contributed by atoms with van der Waals surface area (Å²) in [6.07, 6.45) is 3.22. The summed E-state index contributed by atoms with van der Waals surface area (Å²) in [4.78, 5) is 11.7. The molecule has 1 amide bonds. The normalized spacial score (nSPS) is 9.95. The van der Waals surface area contributed by atoms with E-state index in [-0.39, 0.29) is 15.7 Å². The molecule has 0 bridgehead atoms. The first-order valence-corrected chi connectivity index (χ1v) is 7.12. The van der Waals surface area contributed by atoms with Crippen molar-refractivity contribution < 1.29 is 9.18 Å². The summed E-state index contributed by atoms with van der Waals surface area (Å²) < 4.78 is 13.4. The van der Waals surface area contributed by atoms with E-state index in [1.54, 1.807) is 0 Å². The maximum atomic E-state index is 13.4. The zero-order valence-electron chi connectivity index (χ0n) is 11.1. The average molecular weight is 318 g/mol. The average Bonchev–Trinajstić information content (AvgIpc) is 2.43. The van der Waals surface area contributed by atoms with Crippen molar-refractivity contribution in [2.45, 2.75) is 26.2 Å². The molecule has 110 valence electrons. The van der Waals surface area contributed by atoms with Gasteiger partial charge in [-0.2, -0.15) is 0 Å². The van der Waals surface area contributed by atoms with Gasteiger partial charge in [0, 0.05) is 11.6 Å². The lowest BCUT2D eigenvalue weighted by Gasteiger charge is -2.11. The van der Waals surface area contributed by atoms with Crippen molar-refractivity contribution in [2.75, 3.05) is 6.54 Å². The molecule has 0 aliphatic rings. The van der Waals surface area contributed by atoms with E-state index in [0.717, 1.165) is 31.9 Å². The third kappa shape index (κ3) is 5.71. The zero-order chi connectivity index (χ0) is 15.0. The van der Waals surface area contributed by atoms with Crippen molar-refractivity contribution >= 4 is 34.8 Å². The molecule has 0 aliphatic carbocycles. The van der Waals surface area contributed by atoms with Gasteiger partial charge in [0.15, 0.2) is 5.11 Å². The van der Waals surface area contributed by atoms with Gasteiger partial charge < -0.3 is 5.32 Å². The molecule has 0 radical (unpaired) electrons. The smallest absolute Gasteiger partial charge is 0.272 e. The van der Waals surface area contributed by atoms with Gasteiger partial charge in [-0.1, -0.05) is 31.4 Å². The number of hydrazine groups is 1. The van der Waals surface area contributed by atoms with Crippen LogP contribution in [0.4, 0.5) is 4.39 Å². The number of benzene rings is 1. The summed E-state index contributed by atoms with van der Waals surface area (Å²) in [5, 5.41) is 3.51. The molecule has 0 fully saturated rings. The summed E-state index contributed by atoms with van der Waals surface area (Å²) in [6, 6.07) is 3.77. The van der Waals surface area contributed by atoms with Crippen LogP contribution in [0, 0.1) is 5.82 Å². The number of hydrogen-bond acceptors (Lipinski definition) is 2. The lowest BCUT2D eigenvalue weighted by molar-refractivity contribution is 0.0939. The predicted octanol–water partition coefficient (Wildman–Crippen LogP) is 2.78. The van der Waals surface area contributed by atoms with Crippen LogP contribution in [-0.4, -0.2) is 17.6 Å². The second-order valence-electron chi connectivity index (χ2n) is 4.17. The fraction of sp³-hybridized carbons (Fsp3) is 0.385. The van der Waals surface area contributed by atoms with E-state index in [9.17, 15) is 9.18 Å². The van der Waals surface area contributed by atoms with Crippen LogP contribution < -0.4 is 16.2 Å². The Morgan fingerprint density at radius 3 is 2.80 bits per heavy atom. The van der Waals surface area contributed by atoms with Crippen molar-refractivity contribution in [2.24, 2.45) is 0 Å². The van der Waals surface area contributed by atoms with Crippen LogP contribution in [0.3, 0.4) is 0 Å². The molecule has 0 unspecified atom stereocenters. The van der Waals surface area contributed by atoms with Gasteiger partial charge in [-0.05, 0) is 36.8 Å². The van der Waals surface area contributed by atoms with Crippen LogP contribution in [-0.2, 0) is 0 Å². The second-order valence-corrected chi connectivity index (χ2v) is 5.01. The first kappa shape index (κ1) is 16.7. The number of rotatable bonds is 5. The van der Waals surface area contributed by atoms with Crippen LogP contribution in [0.2, 0.25) is 5.02 Å². The number of unbranched alkanes of at least 4 members (excludes halogenated alkanes) is 2. The van der Waals surface area contributed by atoms with Gasteiger partial charge in [0.05, 0.1) is 5.56 Å². The number of hydrogen-bond donors (Lipinski definition) is 3. The van der Waals surface area contributed by atoms with Crippen molar-refractivity contribution in [1.29, 1.82) is 0 Å². The van der Waals surface area contributed by atoms with Crippen molar-refractivity contribution in [3.05, 3.63) is 34.6 Å². The number of halogens is 2. The maximum Gasteiger partial charge on any atom is 0.272 e. The third-order valence-electron chi connectivity index (χ3n) is 2.53.